The summed E-state index contributed by atoms with van der Waals surface area (Å²) in [5.41, 5.74) is 1.18. The molecular weight excluding hydrogens is 208 g/mol. The second-order valence-corrected chi connectivity index (χ2v) is 4.33. The van der Waals surface area contributed by atoms with Crippen molar-refractivity contribution in [1.82, 2.24) is 10.3 Å². The molecule has 1 aromatic carbocycles. The molecule has 2 rings (SSSR count). The molecule has 2 nitrogen and oxygen atoms in total. The van der Waals surface area contributed by atoms with E-state index in [4.69, 9.17) is 0 Å². The van der Waals surface area contributed by atoms with Crippen LogP contribution in [0.2, 0.25) is 0 Å². The van der Waals surface area contributed by atoms with Gasteiger partial charge in [0, 0.05) is 17.6 Å². The van der Waals surface area contributed by atoms with Gasteiger partial charge in [0.15, 0.2) is 0 Å². The number of benzene rings is 1. The van der Waals surface area contributed by atoms with Crippen molar-refractivity contribution in [2.75, 3.05) is 6.54 Å². The van der Waals surface area contributed by atoms with E-state index in [2.05, 4.69) is 54.5 Å². The van der Waals surface area contributed by atoms with Crippen molar-refractivity contribution in [3.8, 4) is 0 Å². The van der Waals surface area contributed by atoms with Gasteiger partial charge in [-0.2, -0.15) is 0 Å². The number of hydrogen-bond donors (Lipinski definition) is 1. The quantitative estimate of drug-likeness (QED) is 0.844. The minimum absolute atomic E-state index is 0.362. The van der Waals surface area contributed by atoms with Gasteiger partial charge >= 0.3 is 0 Å². The van der Waals surface area contributed by atoms with E-state index in [-0.39, 0.29) is 0 Å². The molecule has 17 heavy (non-hydrogen) atoms. The van der Waals surface area contributed by atoms with E-state index in [0.29, 0.717) is 6.04 Å². The van der Waals surface area contributed by atoms with Gasteiger partial charge in [-0.3, -0.25) is 4.98 Å². The van der Waals surface area contributed by atoms with Crippen molar-refractivity contribution in [1.29, 1.82) is 0 Å². The van der Waals surface area contributed by atoms with E-state index in [9.17, 15) is 0 Å². The van der Waals surface area contributed by atoms with Crippen molar-refractivity contribution >= 4 is 10.8 Å². The first-order chi connectivity index (χ1) is 8.36. The van der Waals surface area contributed by atoms with Gasteiger partial charge in [-0.05, 0) is 30.8 Å². The van der Waals surface area contributed by atoms with Crippen LogP contribution in [0.25, 0.3) is 10.8 Å². The predicted octanol–water partition coefficient (Wildman–Crippen LogP) is 3.69. The minimum Gasteiger partial charge on any atom is -0.309 e. The molecule has 2 heteroatoms. The Morgan fingerprint density at radius 3 is 2.76 bits per heavy atom. The lowest BCUT2D eigenvalue weighted by molar-refractivity contribution is 0.511. The molecule has 1 atom stereocenters. The second kappa shape index (κ2) is 5.78. The predicted molar refractivity (Wildman–Crippen MR) is 73.1 cm³/mol. The first-order valence-electron chi connectivity index (χ1n) is 6.43. The molecule has 0 amide bonds. The number of pyridine rings is 1. The zero-order chi connectivity index (χ0) is 12.1. The Balaban J connectivity index is 2.38. The minimum atomic E-state index is 0.362. The lowest BCUT2D eigenvalue weighted by atomic mass is 10.0. The van der Waals surface area contributed by atoms with Crippen molar-refractivity contribution in [2.45, 2.75) is 32.7 Å². The summed E-state index contributed by atoms with van der Waals surface area (Å²) >= 11 is 0. The average Bonchev–Trinajstić information content (AvgIpc) is 2.40. The maximum atomic E-state index is 4.57. The number of aromatic nitrogens is 1. The zero-order valence-electron chi connectivity index (χ0n) is 10.6. The molecular formula is C15H20N2. The summed E-state index contributed by atoms with van der Waals surface area (Å²) in [6.45, 7) is 5.44. The monoisotopic (exact) mass is 228 g/mol. The van der Waals surface area contributed by atoms with Crippen molar-refractivity contribution in [2.24, 2.45) is 0 Å². The maximum Gasteiger partial charge on any atom is 0.0651 e. The number of nitrogens with zero attached hydrogens (tertiary/aromatic N) is 1. The van der Waals surface area contributed by atoms with Crippen LogP contribution in [-0.2, 0) is 0 Å². The normalized spacial score (nSPS) is 12.8. The van der Waals surface area contributed by atoms with Crippen LogP contribution in [0.1, 0.15) is 38.4 Å². The molecule has 0 saturated carbocycles. The molecule has 0 radical (unpaired) electrons. The van der Waals surface area contributed by atoms with Gasteiger partial charge in [-0.1, -0.05) is 38.1 Å². The molecule has 90 valence electrons. The van der Waals surface area contributed by atoms with Crippen molar-refractivity contribution < 1.29 is 0 Å². The average molecular weight is 228 g/mol. The fourth-order valence-corrected chi connectivity index (χ4v) is 2.17. The number of rotatable bonds is 5. The smallest absolute Gasteiger partial charge is 0.0651 e. The highest BCUT2D eigenvalue weighted by Gasteiger charge is 2.12. The SMILES string of the molecule is CCCNC(CC)c1nccc2ccccc12. The molecule has 2 aromatic rings. The highest BCUT2D eigenvalue weighted by Crippen LogP contribution is 2.23. The van der Waals surface area contributed by atoms with Crippen molar-refractivity contribution in [3.05, 3.63) is 42.2 Å². The number of fused-ring (bicyclic) bond motifs is 1. The summed E-state index contributed by atoms with van der Waals surface area (Å²) in [5.74, 6) is 0. The summed E-state index contributed by atoms with van der Waals surface area (Å²) in [4.78, 5) is 4.57. The van der Waals surface area contributed by atoms with Gasteiger partial charge in [-0.15, -0.1) is 0 Å². The third kappa shape index (κ3) is 2.64. The summed E-state index contributed by atoms with van der Waals surface area (Å²) < 4.78 is 0. The van der Waals surface area contributed by atoms with Crippen LogP contribution >= 0.6 is 0 Å². The Hall–Kier alpha value is -1.41. The van der Waals surface area contributed by atoms with E-state index in [1.165, 1.54) is 16.5 Å². The van der Waals surface area contributed by atoms with E-state index >= 15 is 0 Å². The van der Waals surface area contributed by atoms with Crippen LogP contribution < -0.4 is 5.32 Å². The summed E-state index contributed by atoms with van der Waals surface area (Å²) in [6.07, 6.45) is 4.14. The van der Waals surface area contributed by atoms with Gasteiger partial charge in [0.25, 0.3) is 0 Å². The van der Waals surface area contributed by atoms with Gasteiger partial charge in [0.2, 0.25) is 0 Å². The van der Waals surface area contributed by atoms with E-state index in [0.717, 1.165) is 19.4 Å². The molecule has 0 fully saturated rings. The fourth-order valence-electron chi connectivity index (χ4n) is 2.17. The number of hydrogen-bond acceptors (Lipinski definition) is 2. The molecule has 1 aromatic heterocycles. The molecule has 1 heterocycles. The maximum absolute atomic E-state index is 4.57. The lowest BCUT2D eigenvalue weighted by Crippen LogP contribution is -2.22. The summed E-state index contributed by atoms with van der Waals surface area (Å²) in [5, 5.41) is 6.11. The van der Waals surface area contributed by atoms with Gasteiger partial charge in [0.1, 0.15) is 0 Å². The fraction of sp³-hybridized carbons (Fsp3) is 0.400. The van der Waals surface area contributed by atoms with Crippen LogP contribution in [0.4, 0.5) is 0 Å². The molecule has 0 aliphatic carbocycles. The Morgan fingerprint density at radius 2 is 2.00 bits per heavy atom. The Kier molecular flexibility index (Phi) is 4.10. The molecule has 0 bridgehead atoms. The summed E-state index contributed by atoms with van der Waals surface area (Å²) in [6, 6.07) is 10.9. The Labute approximate surface area is 103 Å². The second-order valence-electron chi connectivity index (χ2n) is 4.33. The van der Waals surface area contributed by atoms with Crippen LogP contribution in [0.3, 0.4) is 0 Å². The van der Waals surface area contributed by atoms with Crippen LogP contribution in [-0.4, -0.2) is 11.5 Å². The van der Waals surface area contributed by atoms with E-state index < -0.39 is 0 Å². The molecule has 1 unspecified atom stereocenters. The topological polar surface area (TPSA) is 24.9 Å². The third-order valence-electron chi connectivity index (χ3n) is 3.08. The van der Waals surface area contributed by atoms with Crippen LogP contribution in [0.5, 0.6) is 0 Å². The standard InChI is InChI=1S/C15H20N2/c1-3-10-16-14(4-2)15-13-8-6-5-7-12(13)9-11-17-15/h5-9,11,14,16H,3-4,10H2,1-2H3. The van der Waals surface area contributed by atoms with Crippen LogP contribution in [0, 0.1) is 0 Å². The highest BCUT2D eigenvalue weighted by atomic mass is 14.9. The van der Waals surface area contributed by atoms with E-state index in [1.54, 1.807) is 0 Å². The number of nitrogens with one attached hydrogen (secondary N) is 1. The molecule has 1 N–H and O–H groups in total. The first kappa shape index (κ1) is 12.1. The molecule has 0 spiro atoms. The van der Waals surface area contributed by atoms with Crippen molar-refractivity contribution in [3.63, 3.8) is 0 Å². The van der Waals surface area contributed by atoms with Gasteiger partial charge in [0.05, 0.1) is 5.69 Å². The van der Waals surface area contributed by atoms with E-state index in [1.807, 2.05) is 6.20 Å². The molecule has 0 saturated heterocycles. The lowest BCUT2D eigenvalue weighted by Gasteiger charge is -2.17. The van der Waals surface area contributed by atoms with Gasteiger partial charge < -0.3 is 5.32 Å². The highest BCUT2D eigenvalue weighted by molar-refractivity contribution is 5.84. The first-order valence-corrected chi connectivity index (χ1v) is 6.43. The molecule has 0 aliphatic heterocycles. The largest absolute Gasteiger partial charge is 0.309 e. The summed E-state index contributed by atoms with van der Waals surface area (Å²) in [7, 11) is 0. The van der Waals surface area contributed by atoms with Gasteiger partial charge in [-0.25, -0.2) is 0 Å². The Morgan fingerprint density at radius 1 is 1.18 bits per heavy atom. The zero-order valence-corrected chi connectivity index (χ0v) is 10.6. The molecule has 0 aliphatic rings. The van der Waals surface area contributed by atoms with Crippen LogP contribution in [0.15, 0.2) is 36.5 Å². The Bertz CT molecular complexity index is 474. The third-order valence-corrected chi connectivity index (χ3v) is 3.08.